The molecule has 6 atom stereocenters. The molecule has 344 valence electrons. The van der Waals surface area contributed by atoms with Crippen LogP contribution < -0.4 is 15.5 Å². The summed E-state index contributed by atoms with van der Waals surface area (Å²) in [6, 6.07) is 16.4. The summed E-state index contributed by atoms with van der Waals surface area (Å²) in [6.45, 7) is 12.6. The molecule has 14 heteroatoms. The molecule has 0 bridgehead atoms. The number of nitrogens with one attached hydrogen (secondary N) is 4. The first-order chi connectivity index (χ1) is 31.3. The van der Waals surface area contributed by atoms with Gasteiger partial charge in [0.25, 0.3) is 0 Å². The summed E-state index contributed by atoms with van der Waals surface area (Å²) in [5.74, 6) is 1.10. The number of nitrogens with zero attached hydrogens (tertiary/aromatic N) is 5. The SMILES string of the molecule is CCC(=O)N[C@H](C(=O)N1CCC[C@H]1c1nc2ccc([C@H]3CC[C@H](c4ccc5nc([C@@H]6CCCN6C(=O)[C@@H](NC(=O)CC)C(C)C)[nH]c5c4)N3c3ccc(C4CC4)cc3F)cc2[nH]1)C(C)C. The molecule has 1 saturated carbocycles. The van der Waals surface area contributed by atoms with Gasteiger partial charge in [-0.2, -0.15) is 0 Å². The molecule has 65 heavy (non-hydrogen) atoms. The summed E-state index contributed by atoms with van der Waals surface area (Å²) in [5.41, 5.74) is 7.05. The average Bonchev–Trinajstić information content (AvgIpc) is 3.83. The van der Waals surface area contributed by atoms with Gasteiger partial charge in [-0.15, -0.1) is 0 Å². The van der Waals surface area contributed by atoms with Gasteiger partial charge in [-0.25, -0.2) is 14.4 Å². The van der Waals surface area contributed by atoms with E-state index in [-0.39, 0.29) is 65.4 Å². The first-order valence-corrected chi connectivity index (χ1v) is 24.1. The molecule has 4 N–H and O–H groups in total. The summed E-state index contributed by atoms with van der Waals surface area (Å²) >= 11 is 0. The number of carbonyl (C=O) groups excluding carboxylic acids is 4. The number of aromatic nitrogens is 4. The lowest BCUT2D eigenvalue weighted by Gasteiger charge is -2.33. The fourth-order valence-electron chi connectivity index (χ4n) is 10.6. The summed E-state index contributed by atoms with van der Waals surface area (Å²) in [5, 5.41) is 5.89. The van der Waals surface area contributed by atoms with Gasteiger partial charge in [0.2, 0.25) is 23.6 Å². The van der Waals surface area contributed by atoms with Gasteiger partial charge in [-0.05, 0) is 122 Å². The lowest BCUT2D eigenvalue weighted by atomic mass is 10.0. The van der Waals surface area contributed by atoms with Crippen molar-refractivity contribution in [1.29, 1.82) is 0 Å². The number of carbonyl (C=O) groups is 4. The molecule has 13 nitrogen and oxygen atoms in total. The monoisotopic (exact) mass is 886 g/mol. The first kappa shape index (κ1) is 44.4. The van der Waals surface area contributed by atoms with Crippen molar-refractivity contribution in [3.63, 3.8) is 0 Å². The van der Waals surface area contributed by atoms with Crippen LogP contribution in [0.1, 0.15) is 164 Å². The second kappa shape index (κ2) is 18.2. The molecule has 5 heterocycles. The number of amides is 4. The van der Waals surface area contributed by atoms with E-state index in [2.05, 4.69) is 55.8 Å². The number of anilines is 1. The molecule has 3 saturated heterocycles. The van der Waals surface area contributed by atoms with Crippen LogP contribution in [-0.2, 0) is 19.2 Å². The van der Waals surface area contributed by atoms with Gasteiger partial charge < -0.3 is 35.3 Å². The third-order valence-electron chi connectivity index (χ3n) is 14.3. The summed E-state index contributed by atoms with van der Waals surface area (Å²) < 4.78 is 16.5. The van der Waals surface area contributed by atoms with Gasteiger partial charge >= 0.3 is 0 Å². The molecule has 1 aliphatic carbocycles. The van der Waals surface area contributed by atoms with E-state index in [1.807, 2.05) is 55.7 Å². The van der Waals surface area contributed by atoms with Crippen molar-refractivity contribution >= 4 is 51.4 Å². The number of imidazole rings is 2. The van der Waals surface area contributed by atoms with Gasteiger partial charge in [0.15, 0.2) is 0 Å². The van der Waals surface area contributed by atoms with Gasteiger partial charge in [0.1, 0.15) is 29.5 Å². The van der Waals surface area contributed by atoms with E-state index in [1.54, 1.807) is 19.9 Å². The zero-order chi connectivity index (χ0) is 45.7. The van der Waals surface area contributed by atoms with Crippen LogP contribution in [0.25, 0.3) is 22.1 Å². The Morgan fingerprint density at radius 3 is 1.51 bits per heavy atom. The fourth-order valence-corrected chi connectivity index (χ4v) is 10.6. The molecule has 9 rings (SSSR count). The van der Waals surface area contributed by atoms with Crippen LogP contribution in [0.5, 0.6) is 0 Å². The predicted molar refractivity (Wildman–Crippen MR) is 249 cm³/mol. The zero-order valence-corrected chi connectivity index (χ0v) is 38.6. The number of aromatic amines is 2. The standard InChI is InChI=1S/C51H64FN9O4/c1-7-44(62)57-46(28(3)4)50(64)59-23-9-11-42(59)48-53-35-18-15-32(26-37(35)55-48)39-21-22-40(61(39)41-20-17-31(25-34(41)52)30-13-14-30)33-16-19-36-38(27-33)56-49(54-36)43-12-10-24-60(43)51(65)47(29(5)6)58-45(63)8-2/h15-20,25-30,39-40,42-43,46-47H,7-14,21-24H2,1-6H3,(H,53,55)(H,54,56)(H,57,62)(H,58,63)/t39-,40-,42+,43+,46+,47+/m1/s1. The number of fused-ring (bicyclic) bond motifs is 2. The Labute approximate surface area is 380 Å². The van der Waals surface area contributed by atoms with E-state index in [0.29, 0.717) is 37.5 Å². The van der Waals surface area contributed by atoms with E-state index in [0.717, 1.165) is 102 Å². The van der Waals surface area contributed by atoms with Crippen molar-refractivity contribution in [3.05, 3.63) is 88.8 Å². The molecule has 4 fully saturated rings. The van der Waals surface area contributed by atoms with Gasteiger partial charge in [0, 0.05) is 25.9 Å². The fraction of sp³-hybridized carbons (Fsp3) is 0.529. The van der Waals surface area contributed by atoms with E-state index < -0.39 is 12.1 Å². The maximum atomic E-state index is 16.5. The molecule has 3 aromatic carbocycles. The Balaban J connectivity index is 1.01. The Morgan fingerprint density at radius 2 is 1.09 bits per heavy atom. The summed E-state index contributed by atoms with van der Waals surface area (Å²) in [6.07, 6.45) is 7.64. The molecule has 5 aromatic rings. The molecular weight excluding hydrogens is 822 g/mol. The highest BCUT2D eigenvalue weighted by molar-refractivity contribution is 5.89. The third kappa shape index (κ3) is 8.72. The van der Waals surface area contributed by atoms with Crippen LogP contribution in [0.4, 0.5) is 10.1 Å². The number of hydrogen-bond donors (Lipinski definition) is 4. The minimum atomic E-state index is -0.604. The smallest absolute Gasteiger partial charge is 0.246 e. The van der Waals surface area contributed by atoms with Crippen molar-refractivity contribution in [3.8, 4) is 0 Å². The second-order valence-electron chi connectivity index (χ2n) is 19.5. The van der Waals surface area contributed by atoms with Crippen LogP contribution in [0.2, 0.25) is 0 Å². The Hall–Kier alpha value is -5.79. The number of benzene rings is 3. The largest absolute Gasteiger partial charge is 0.355 e. The molecule has 4 amide bonds. The number of halogens is 1. The lowest BCUT2D eigenvalue weighted by Crippen LogP contribution is -2.51. The third-order valence-corrected chi connectivity index (χ3v) is 14.3. The highest BCUT2D eigenvalue weighted by atomic mass is 19.1. The van der Waals surface area contributed by atoms with Crippen molar-refractivity contribution in [2.75, 3.05) is 18.0 Å². The number of rotatable bonds is 14. The topological polar surface area (TPSA) is 159 Å². The summed E-state index contributed by atoms with van der Waals surface area (Å²) in [7, 11) is 0. The van der Waals surface area contributed by atoms with Gasteiger partial charge in [0.05, 0.1) is 51.9 Å². The Morgan fingerprint density at radius 1 is 0.631 bits per heavy atom. The van der Waals surface area contributed by atoms with E-state index in [4.69, 9.17) is 9.97 Å². The average molecular weight is 886 g/mol. The predicted octanol–water partition coefficient (Wildman–Crippen LogP) is 8.97. The molecular formula is C51H64FN9O4. The molecule has 0 unspecified atom stereocenters. The molecule has 0 spiro atoms. The second-order valence-corrected chi connectivity index (χ2v) is 19.5. The van der Waals surface area contributed by atoms with Crippen LogP contribution in [0.3, 0.4) is 0 Å². The number of likely N-dealkylation sites (tertiary alicyclic amines) is 2. The molecule has 0 radical (unpaired) electrons. The van der Waals surface area contributed by atoms with Crippen molar-refractivity contribution in [2.24, 2.45) is 11.8 Å². The van der Waals surface area contributed by atoms with E-state index >= 15 is 4.39 Å². The minimum Gasteiger partial charge on any atom is -0.355 e. The van der Waals surface area contributed by atoms with Crippen molar-refractivity contribution in [1.82, 2.24) is 40.4 Å². The molecule has 4 aliphatic rings. The normalized spacial score (nSPS) is 22.1. The van der Waals surface area contributed by atoms with Gasteiger partial charge in [-0.3, -0.25) is 19.2 Å². The van der Waals surface area contributed by atoms with E-state index in [9.17, 15) is 19.2 Å². The highest BCUT2D eigenvalue weighted by Crippen LogP contribution is 2.50. The van der Waals surface area contributed by atoms with Crippen LogP contribution in [-0.4, -0.2) is 78.5 Å². The van der Waals surface area contributed by atoms with Crippen molar-refractivity contribution < 1.29 is 23.6 Å². The maximum Gasteiger partial charge on any atom is 0.246 e. The Kier molecular flexibility index (Phi) is 12.5. The number of hydrogen-bond acceptors (Lipinski definition) is 7. The zero-order valence-electron chi connectivity index (χ0n) is 38.6. The minimum absolute atomic E-state index is 0.0604. The number of H-pyrrole nitrogens is 2. The van der Waals surface area contributed by atoms with Crippen LogP contribution in [0, 0.1) is 17.7 Å². The summed E-state index contributed by atoms with van der Waals surface area (Å²) in [4.78, 5) is 75.8. The van der Waals surface area contributed by atoms with Crippen LogP contribution in [0.15, 0.2) is 54.6 Å². The van der Waals surface area contributed by atoms with Gasteiger partial charge in [-0.1, -0.05) is 59.7 Å². The van der Waals surface area contributed by atoms with E-state index in [1.165, 1.54) is 0 Å². The Bertz CT molecular complexity index is 2450. The maximum absolute atomic E-state index is 16.5. The lowest BCUT2D eigenvalue weighted by molar-refractivity contribution is -0.138. The highest BCUT2D eigenvalue weighted by Gasteiger charge is 2.41. The van der Waals surface area contributed by atoms with Crippen molar-refractivity contribution in [2.45, 2.75) is 148 Å². The first-order valence-electron chi connectivity index (χ1n) is 24.1. The van der Waals surface area contributed by atoms with Crippen LogP contribution >= 0.6 is 0 Å². The quantitative estimate of drug-likeness (QED) is 0.0867. The molecule has 3 aliphatic heterocycles. The molecule has 2 aromatic heterocycles.